The van der Waals surface area contributed by atoms with Crippen molar-refractivity contribution in [1.29, 1.82) is 0 Å². The highest BCUT2D eigenvalue weighted by Gasteiger charge is 2.59. The van der Waals surface area contributed by atoms with Gasteiger partial charge < -0.3 is 14.8 Å². The Kier molecular flexibility index (Phi) is 8.65. The molecule has 1 heterocycles. The first kappa shape index (κ1) is 28.9. The number of likely N-dealkylation sites (tertiary alicyclic amines) is 1. The molecule has 208 valence electrons. The number of carbonyl (C=O) groups is 3. The molecule has 9 nitrogen and oxygen atoms in total. The SMILES string of the molecule is COC(C)=C(C(=O)OC(c1ccccc1)c1ccccc1)N1CC(NC(C)=O)(SS(=O)(=O)c2ccccc2)C1=O. The van der Waals surface area contributed by atoms with E-state index in [-0.39, 0.29) is 22.9 Å². The zero-order valence-corrected chi connectivity index (χ0v) is 23.7. The Morgan fingerprint density at radius 1 is 0.900 bits per heavy atom. The van der Waals surface area contributed by atoms with E-state index in [1.54, 1.807) is 18.2 Å². The topological polar surface area (TPSA) is 119 Å². The zero-order chi connectivity index (χ0) is 28.9. The van der Waals surface area contributed by atoms with Crippen molar-refractivity contribution in [3.8, 4) is 0 Å². The van der Waals surface area contributed by atoms with Crippen molar-refractivity contribution in [2.45, 2.75) is 29.7 Å². The predicted octanol–water partition coefficient (Wildman–Crippen LogP) is 3.99. The van der Waals surface area contributed by atoms with Crippen LogP contribution < -0.4 is 5.32 Å². The van der Waals surface area contributed by atoms with Crippen molar-refractivity contribution < 1.29 is 32.3 Å². The summed E-state index contributed by atoms with van der Waals surface area (Å²) in [6.07, 6.45) is -0.793. The molecule has 1 saturated heterocycles. The van der Waals surface area contributed by atoms with Crippen molar-refractivity contribution in [1.82, 2.24) is 10.2 Å². The number of esters is 1. The number of allylic oxidation sites excluding steroid dienone is 1. The molecule has 11 heteroatoms. The summed E-state index contributed by atoms with van der Waals surface area (Å²) >= 11 is 0. The van der Waals surface area contributed by atoms with Crippen LogP contribution in [-0.4, -0.2) is 49.6 Å². The Bertz CT molecular complexity index is 1490. The van der Waals surface area contributed by atoms with Gasteiger partial charge in [-0.15, -0.1) is 0 Å². The maximum atomic E-state index is 13.7. The monoisotopic (exact) mass is 580 g/mol. The maximum Gasteiger partial charge on any atom is 0.359 e. The molecule has 4 rings (SSSR count). The number of hydrogen-bond acceptors (Lipinski definition) is 8. The fourth-order valence-electron chi connectivity index (χ4n) is 4.24. The molecule has 0 bridgehead atoms. The lowest BCUT2D eigenvalue weighted by Crippen LogP contribution is -2.72. The van der Waals surface area contributed by atoms with Crippen LogP contribution in [0.3, 0.4) is 0 Å². The summed E-state index contributed by atoms with van der Waals surface area (Å²) in [5, 5.41) is 2.48. The minimum absolute atomic E-state index is 0.0206. The highest BCUT2D eigenvalue weighted by atomic mass is 33.1. The van der Waals surface area contributed by atoms with Crippen LogP contribution >= 0.6 is 10.8 Å². The van der Waals surface area contributed by atoms with Crippen molar-refractivity contribution in [2.24, 2.45) is 0 Å². The second-order valence-corrected chi connectivity index (χ2v) is 13.0. The van der Waals surface area contributed by atoms with E-state index in [9.17, 15) is 22.8 Å². The molecule has 1 fully saturated rings. The normalized spacial score (nSPS) is 17.5. The van der Waals surface area contributed by atoms with E-state index in [1.165, 1.54) is 33.1 Å². The van der Waals surface area contributed by atoms with E-state index in [4.69, 9.17) is 9.47 Å². The summed E-state index contributed by atoms with van der Waals surface area (Å²) in [4.78, 5) is 38.6. The average Bonchev–Trinajstić information content (AvgIpc) is 2.96. The van der Waals surface area contributed by atoms with Gasteiger partial charge in [-0.25, -0.2) is 13.2 Å². The fraction of sp³-hybridized carbons (Fsp3) is 0.207. The van der Waals surface area contributed by atoms with Gasteiger partial charge in [-0.2, -0.15) is 0 Å². The summed E-state index contributed by atoms with van der Waals surface area (Å²) in [7, 11) is -2.39. The van der Waals surface area contributed by atoms with Crippen molar-refractivity contribution >= 4 is 37.4 Å². The Hall–Kier alpha value is -4.09. The molecule has 0 radical (unpaired) electrons. The standard InChI is InChI=1S/C29H28N2O7S2/c1-20(37-3)25(27(33)38-26(22-13-7-4-8-14-22)23-15-9-5-10-16-23)31-19-29(28(31)34,30-21(2)32)39-40(35,36)24-17-11-6-12-18-24/h4-18,26H,19H2,1-3H3,(H,30,32). The highest BCUT2D eigenvalue weighted by Crippen LogP contribution is 2.43. The van der Waals surface area contributed by atoms with Gasteiger partial charge in [0.15, 0.2) is 16.7 Å². The third-order valence-corrected chi connectivity index (χ3v) is 10.0. The van der Waals surface area contributed by atoms with E-state index < -0.39 is 37.6 Å². The van der Waals surface area contributed by atoms with Crippen molar-refractivity contribution in [2.75, 3.05) is 13.7 Å². The summed E-state index contributed by atoms with van der Waals surface area (Å²) < 4.78 is 37.6. The lowest BCUT2D eigenvalue weighted by Gasteiger charge is -2.47. The Balaban J connectivity index is 1.65. The minimum Gasteiger partial charge on any atom is -0.499 e. The minimum atomic E-state index is -4.05. The van der Waals surface area contributed by atoms with E-state index in [0.717, 1.165) is 4.90 Å². The number of nitrogens with one attached hydrogen (secondary N) is 1. The molecular formula is C29H28N2O7S2. The highest BCUT2D eigenvalue weighted by molar-refractivity contribution is 8.72. The lowest BCUT2D eigenvalue weighted by atomic mass is 10.0. The van der Waals surface area contributed by atoms with Crippen LogP contribution in [0.15, 0.2) is 107 Å². The lowest BCUT2D eigenvalue weighted by molar-refractivity contribution is -0.154. The van der Waals surface area contributed by atoms with Gasteiger partial charge in [0.2, 0.25) is 14.8 Å². The average molecular weight is 581 g/mol. The molecule has 0 aliphatic carbocycles. The summed E-state index contributed by atoms with van der Waals surface area (Å²) in [5.74, 6) is -2.16. The maximum absolute atomic E-state index is 13.7. The number of rotatable bonds is 10. The molecule has 0 saturated carbocycles. The molecule has 1 N–H and O–H groups in total. The van der Waals surface area contributed by atoms with Crippen molar-refractivity contribution in [3.63, 3.8) is 0 Å². The summed E-state index contributed by atoms with van der Waals surface area (Å²) in [6, 6.07) is 25.8. The van der Waals surface area contributed by atoms with E-state index in [1.807, 2.05) is 60.7 Å². The quantitative estimate of drug-likeness (QED) is 0.0955. The van der Waals surface area contributed by atoms with Crippen LogP contribution in [-0.2, 0) is 32.7 Å². The molecule has 40 heavy (non-hydrogen) atoms. The van der Waals surface area contributed by atoms with Crippen LogP contribution in [0.25, 0.3) is 0 Å². The number of nitrogens with zero attached hydrogens (tertiary/aromatic N) is 1. The van der Waals surface area contributed by atoms with Crippen LogP contribution in [0, 0.1) is 0 Å². The van der Waals surface area contributed by atoms with Gasteiger partial charge in [0, 0.05) is 17.7 Å². The number of amides is 2. The van der Waals surface area contributed by atoms with Crippen LogP contribution in [0.1, 0.15) is 31.1 Å². The largest absolute Gasteiger partial charge is 0.499 e. The molecule has 1 unspecified atom stereocenters. The number of methoxy groups -OCH3 is 1. The van der Waals surface area contributed by atoms with Gasteiger partial charge in [-0.3, -0.25) is 14.5 Å². The summed E-state index contributed by atoms with van der Waals surface area (Å²) in [6.45, 7) is 2.37. The van der Waals surface area contributed by atoms with Crippen LogP contribution in [0.5, 0.6) is 0 Å². The van der Waals surface area contributed by atoms with E-state index in [2.05, 4.69) is 5.32 Å². The molecule has 1 aliphatic heterocycles. The molecule has 3 aromatic carbocycles. The van der Waals surface area contributed by atoms with Gasteiger partial charge in [0.25, 0.3) is 5.91 Å². The Morgan fingerprint density at radius 3 is 1.85 bits per heavy atom. The molecule has 1 atom stereocenters. The third-order valence-electron chi connectivity index (χ3n) is 6.17. The molecule has 0 aromatic heterocycles. The van der Waals surface area contributed by atoms with Gasteiger partial charge >= 0.3 is 5.97 Å². The van der Waals surface area contributed by atoms with Gasteiger partial charge in [0.1, 0.15) is 5.76 Å². The molecule has 1 aliphatic rings. The molecule has 2 amide bonds. The smallest absolute Gasteiger partial charge is 0.359 e. The van der Waals surface area contributed by atoms with E-state index in [0.29, 0.717) is 21.9 Å². The van der Waals surface area contributed by atoms with Crippen LogP contribution in [0.4, 0.5) is 0 Å². The number of carbonyl (C=O) groups excluding carboxylic acids is 3. The first-order chi connectivity index (χ1) is 19.1. The Morgan fingerprint density at radius 2 is 1.40 bits per heavy atom. The summed E-state index contributed by atoms with van der Waals surface area (Å²) in [5.41, 5.74) is 1.23. The van der Waals surface area contributed by atoms with Gasteiger partial charge in [-0.1, -0.05) is 78.9 Å². The predicted molar refractivity (Wildman–Crippen MR) is 150 cm³/mol. The number of hydrogen-bond donors (Lipinski definition) is 1. The molecular weight excluding hydrogens is 552 g/mol. The molecule has 0 spiro atoms. The van der Waals surface area contributed by atoms with Gasteiger partial charge in [0.05, 0.1) is 18.6 Å². The number of ether oxygens (including phenoxy) is 2. The van der Waals surface area contributed by atoms with Crippen molar-refractivity contribution in [3.05, 3.63) is 114 Å². The van der Waals surface area contributed by atoms with Crippen LogP contribution in [0.2, 0.25) is 0 Å². The third kappa shape index (κ3) is 6.05. The first-order valence-corrected chi connectivity index (χ1v) is 15.1. The molecule has 3 aromatic rings. The second-order valence-electron chi connectivity index (χ2n) is 8.97. The second kappa shape index (κ2) is 12.0. The zero-order valence-electron chi connectivity index (χ0n) is 22.1. The number of β-lactam (4-membered cyclic amide) rings is 1. The number of benzene rings is 3. The first-order valence-electron chi connectivity index (χ1n) is 12.2. The van der Waals surface area contributed by atoms with Gasteiger partial charge in [-0.05, 0) is 30.2 Å². The Labute approximate surface area is 236 Å². The fourth-order valence-corrected chi connectivity index (χ4v) is 7.99. The van der Waals surface area contributed by atoms with E-state index >= 15 is 0 Å².